The summed E-state index contributed by atoms with van der Waals surface area (Å²) in [5.74, 6) is 1.68. The van der Waals surface area contributed by atoms with E-state index in [2.05, 4.69) is 26.8 Å². The average molecular weight is 264 g/mol. The molecule has 19 heavy (non-hydrogen) atoms. The van der Waals surface area contributed by atoms with Crippen LogP contribution in [0.3, 0.4) is 0 Å². The van der Waals surface area contributed by atoms with Crippen LogP contribution < -0.4 is 3.79 Å². The third-order valence-electron chi connectivity index (χ3n) is 2.70. The second kappa shape index (κ2) is 5.27. The number of hydrogen-bond acceptors (Lipinski definition) is 4. The number of benzene rings is 2. The summed E-state index contributed by atoms with van der Waals surface area (Å²) >= 11 is 2.22. The smallest absolute Gasteiger partial charge is 0.482 e. The van der Waals surface area contributed by atoms with Crippen molar-refractivity contribution in [2.45, 2.75) is 0 Å². The van der Waals surface area contributed by atoms with Crippen LogP contribution in [0.2, 0.25) is 0 Å². The Labute approximate surface area is 118 Å². The molecule has 4 nitrogen and oxygen atoms in total. The van der Waals surface area contributed by atoms with Gasteiger partial charge in [-0.2, -0.15) is 4.98 Å². The van der Waals surface area contributed by atoms with Gasteiger partial charge in [0.05, 0.1) is 11.3 Å². The first kappa shape index (κ1) is 12.0. The Bertz CT molecular complexity index is 683. The van der Waals surface area contributed by atoms with E-state index in [-0.39, 0.29) is 0 Å². The van der Waals surface area contributed by atoms with Crippen LogP contribution in [0.5, 0.6) is 5.75 Å². The molecule has 0 aliphatic rings. The first-order valence-electron chi connectivity index (χ1n) is 5.74. The van der Waals surface area contributed by atoms with Crippen molar-refractivity contribution >= 4 is 16.6 Å². The van der Waals surface area contributed by atoms with Crippen LogP contribution in [-0.4, -0.2) is 26.8 Å². The van der Waals surface area contributed by atoms with E-state index in [1.165, 1.54) is 0 Å². The zero-order chi connectivity index (χ0) is 13.1. The summed E-state index contributed by atoms with van der Waals surface area (Å²) in [7, 11) is 0. The summed E-state index contributed by atoms with van der Waals surface area (Å²) in [6, 6.07) is 17.2. The lowest BCUT2D eigenvalue weighted by atomic mass is 10.2. The van der Waals surface area contributed by atoms with E-state index in [9.17, 15) is 0 Å². The highest BCUT2D eigenvalue weighted by Crippen LogP contribution is 2.29. The summed E-state index contributed by atoms with van der Waals surface area (Å²) in [6.45, 7) is 0. The zero-order valence-electron chi connectivity index (χ0n) is 9.98. The van der Waals surface area contributed by atoms with Gasteiger partial charge in [-0.1, -0.05) is 47.6 Å². The van der Waals surface area contributed by atoms with Crippen molar-refractivity contribution in [1.82, 2.24) is 10.1 Å². The summed E-state index contributed by atoms with van der Waals surface area (Å²) < 4.78 is 10.5. The van der Waals surface area contributed by atoms with Gasteiger partial charge in [0.1, 0.15) is 0 Å². The van der Waals surface area contributed by atoms with Crippen molar-refractivity contribution in [3.63, 3.8) is 0 Å². The molecule has 0 saturated carbocycles. The van der Waals surface area contributed by atoms with Crippen LogP contribution in [-0.2, 0) is 0 Å². The molecule has 0 aliphatic heterocycles. The molecule has 5 heteroatoms. The Hall–Kier alpha value is -2.09. The molecule has 0 unspecified atom stereocenters. The fourth-order valence-electron chi connectivity index (χ4n) is 1.78. The summed E-state index contributed by atoms with van der Waals surface area (Å²) in [6.07, 6.45) is 0. The molecule has 0 spiro atoms. The van der Waals surface area contributed by atoms with Gasteiger partial charge in [-0.05, 0) is 12.1 Å². The molecule has 0 aliphatic carbocycles. The first-order valence-corrected chi connectivity index (χ1v) is 6.21. The van der Waals surface area contributed by atoms with Gasteiger partial charge in [0.2, 0.25) is 5.82 Å². The van der Waals surface area contributed by atoms with Crippen molar-refractivity contribution in [3.8, 4) is 28.6 Å². The quantitative estimate of drug-likeness (QED) is 0.682. The van der Waals surface area contributed by atoms with Crippen molar-refractivity contribution in [1.29, 1.82) is 0 Å². The molecule has 2 radical (unpaired) electrons. The van der Waals surface area contributed by atoms with E-state index in [4.69, 9.17) is 8.31 Å². The molecule has 0 atom stereocenters. The summed E-state index contributed by atoms with van der Waals surface area (Å²) in [4.78, 5) is 4.39. The Morgan fingerprint density at radius 2 is 1.68 bits per heavy atom. The third-order valence-corrected chi connectivity index (χ3v) is 2.96. The predicted molar refractivity (Wildman–Crippen MR) is 71.6 cm³/mol. The van der Waals surface area contributed by atoms with E-state index in [0.717, 1.165) is 11.1 Å². The van der Waals surface area contributed by atoms with Gasteiger partial charge in [-0.25, -0.2) is 0 Å². The number of hydrogen-bond donors (Lipinski definition) is 0. The normalized spacial score (nSPS) is 10.3. The van der Waals surface area contributed by atoms with Gasteiger partial charge < -0.3 is 8.31 Å². The molecule has 0 amide bonds. The lowest BCUT2D eigenvalue weighted by Gasteiger charge is -2.05. The highest BCUT2D eigenvalue weighted by molar-refractivity contribution is 6.00. The topological polar surface area (TPSA) is 48.2 Å². The molecule has 1 heterocycles. The Balaban J connectivity index is 2.02. The molecule has 90 valence electrons. The minimum Gasteiger partial charge on any atom is -0.653 e. The molecule has 3 aromatic rings. The van der Waals surface area contributed by atoms with Gasteiger partial charge in [-0.15, -0.1) is 0 Å². The van der Waals surface area contributed by atoms with E-state index >= 15 is 0 Å². The Kier molecular flexibility index (Phi) is 3.32. The van der Waals surface area contributed by atoms with Crippen molar-refractivity contribution in [2.24, 2.45) is 0 Å². The number of rotatable bonds is 3. The van der Waals surface area contributed by atoms with E-state index in [0.29, 0.717) is 17.5 Å². The largest absolute Gasteiger partial charge is 0.653 e. The summed E-state index contributed by atoms with van der Waals surface area (Å²) in [5.41, 5.74) is 1.69. The minimum atomic E-state index is 0.442. The van der Waals surface area contributed by atoms with Crippen LogP contribution in [0, 0.1) is 0 Å². The monoisotopic (exact) mass is 264 g/mol. The van der Waals surface area contributed by atoms with Crippen molar-refractivity contribution < 1.29 is 8.31 Å². The number of nitrogens with zero attached hydrogens (tertiary/aromatic N) is 2. The lowest BCUT2D eigenvalue weighted by molar-refractivity contribution is 0.431. The third kappa shape index (κ3) is 2.39. The van der Waals surface area contributed by atoms with Crippen molar-refractivity contribution in [2.75, 3.05) is 0 Å². The number of para-hydroxylation sites is 1. The maximum atomic E-state index is 5.30. The van der Waals surface area contributed by atoms with E-state index in [1.54, 1.807) is 0 Å². The number of aromatic nitrogens is 2. The SMILES string of the molecule is [Al][O]c1ccccc1-c1nc(-c2ccccc2)no1. The molecular formula is C14H9AlN2O2. The van der Waals surface area contributed by atoms with Crippen LogP contribution in [0.1, 0.15) is 0 Å². The highest BCUT2D eigenvalue weighted by Gasteiger charge is 2.13. The van der Waals surface area contributed by atoms with Crippen molar-refractivity contribution in [3.05, 3.63) is 54.6 Å². The maximum absolute atomic E-state index is 5.30. The summed E-state index contributed by atoms with van der Waals surface area (Å²) in [5, 5.41) is 3.99. The van der Waals surface area contributed by atoms with Crippen LogP contribution in [0.4, 0.5) is 0 Å². The first-order chi connectivity index (χ1) is 9.38. The Morgan fingerprint density at radius 3 is 2.47 bits per heavy atom. The molecule has 0 bridgehead atoms. The fraction of sp³-hybridized carbons (Fsp3) is 0. The molecule has 2 aromatic carbocycles. The van der Waals surface area contributed by atoms with Gasteiger partial charge in [0.25, 0.3) is 5.89 Å². The standard InChI is InChI=1S/C14H10N2O2.Al/c17-12-9-5-4-8-11(12)14-15-13(16-18-14)10-6-2-1-3-7-10;/h1-9,17H;/q;+1/p-1. The second-order valence-electron chi connectivity index (χ2n) is 3.90. The molecule has 1 aromatic heterocycles. The Morgan fingerprint density at radius 1 is 0.947 bits per heavy atom. The lowest BCUT2D eigenvalue weighted by Crippen LogP contribution is -1.89. The molecule has 3 rings (SSSR count). The fourth-order valence-corrected chi connectivity index (χ4v) is 1.99. The average Bonchev–Trinajstić information content (AvgIpc) is 2.98. The van der Waals surface area contributed by atoms with E-state index < -0.39 is 0 Å². The predicted octanol–water partition coefficient (Wildman–Crippen LogP) is 2.87. The van der Waals surface area contributed by atoms with Crippen LogP contribution in [0.15, 0.2) is 59.1 Å². The second-order valence-corrected chi connectivity index (χ2v) is 4.14. The van der Waals surface area contributed by atoms with E-state index in [1.807, 2.05) is 54.6 Å². The van der Waals surface area contributed by atoms with Crippen LogP contribution >= 0.6 is 0 Å². The minimum absolute atomic E-state index is 0.442. The maximum Gasteiger partial charge on any atom is 0.482 e. The van der Waals surface area contributed by atoms with Crippen LogP contribution in [0.25, 0.3) is 22.8 Å². The molecule has 0 saturated heterocycles. The van der Waals surface area contributed by atoms with Gasteiger partial charge in [0.15, 0.2) is 0 Å². The highest BCUT2D eigenvalue weighted by atomic mass is 27.1. The molecular weight excluding hydrogens is 255 g/mol. The van der Waals surface area contributed by atoms with Gasteiger partial charge in [-0.3, -0.25) is 0 Å². The molecule has 0 N–H and O–H groups in total. The van der Waals surface area contributed by atoms with Gasteiger partial charge in [0, 0.05) is 5.56 Å². The molecule has 0 fully saturated rings. The van der Waals surface area contributed by atoms with Gasteiger partial charge >= 0.3 is 16.6 Å². The zero-order valence-corrected chi connectivity index (χ0v) is 11.1.